The average molecular weight is 473 g/mol. The minimum atomic E-state index is -1.03. The number of rotatable bonds is 6. The van der Waals surface area contributed by atoms with Crippen LogP contribution in [0.25, 0.3) is 11.1 Å². The molecule has 3 heterocycles. The van der Waals surface area contributed by atoms with E-state index in [1.807, 2.05) is 24.3 Å². The lowest BCUT2D eigenvalue weighted by Crippen LogP contribution is -2.54. The molecule has 2 aliphatic heterocycles. The number of hydrogen-bond acceptors (Lipinski definition) is 6. The topological polar surface area (TPSA) is 108 Å². The van der Waals surface area contributed by atoms with Crippen LogP contribution in [0.2, 0.25) is 0 Å². The Morgan fingerprint density at radius 2 is 2.09 bits per heavy atom. The molecule has 1 aliphatic carbocycles. The summed E-state index contributed by atoms with van der Waals surface area (Å²) in [5.74, 6) is -0.195. The molecular weight excluding hydrogens is 444 g/mol. The van der Waals surface area contributed by atoms with Crippen molar-refractivity contribution in [3.63, 3.8) is 0 Å². The number of nitrogens with zero attached hydrogens (tertiary/aromatic N) is 2. The van der Waals surface area contributed by atoms with Crippen molar-refractivity contribution >= 4 is 23.3 Å². The molecular formula is C24H29ClN4O4. The normalized spacial score (nSPS) is 27.5. The zero-order valence-corrected chi connectivity index (χ0v) is 19.1. The third-order valence-electron chi connectivity index (χ3n) is 7.16. The van der Waals surface area contributed by atoms with E-state index < -0.39 is 29.8 Å². The third-order valence-corrected chi connectivity index (χ3v) is 7.55. The van der Waals surface area contributed by atoms with E-state index in [9.17, 15) is 14.7 Å². The molecule has 33 heavy (non-hydrogen) atoms. The number of benzene rings is 1. The van der Waals surface area contributed by atoms with Gasteiger partial charge in [-0.25, -0.2) is 0 Å². The molecule has 2 saturated heterocycles. The Labute approximate surface area is 197 Å². The Morgan fingerprint density at radius 3 is 2.85 bits per heavy atom. The van der Waals surface area contributed by atoms with Crippen molar-refractivity contribution in [1.29, 1.82) is 0 Å². The summed E-state index contributed by atoms with van der Waals surface area (Å²) in [6.45, 7) is 0.270. The SMILES string of the molecule is O=C1CO[C@H]2[C@@H]1N(C(=O)[C@@H](NC(O)c1cccc(-c3cn[nH]c3)c1)C1CCCCC1)C[C@@H]2Cl. The molecule has 0 radical (unpaired) electrons. The number of carbonyl (C=O) groups is 2. The van der Waals surface area contributed by atoms with E-state index in [2.05, 4.69) is 15.5 Å². The molecule has 1 unspecified atom stereocenters. The van der Waals surface area contributed by atoms with Gasteiger partial charge in [0, 0.05) is 18.3 Å². The van der Waals surface area contributed by atoms with Crippen molar-refractivity contribution in [2.45, 2.75) is 61.9 Å². The van der Waals surface area contributed by atoms with Crippen LogP contribution in [0, 0.1) is 5.92 Å². The number of amides is 1. The first-order valence-corrected chi connectivity index (χ1v) is 12.1. The smallest absolute Gasteiger partial charge is 0.240 e. The number of halogens is 1. The molecule has 9 heteroatoms. The Hall–Kier alpha value is -2.26. The minimum Gasteiger partial charge on any atom is -0.374 e. The number of carbonyl (C=O) groups excluding carboxylic acids is 2. The maximum Gasteiger partial charge on any atom is 0.240 e. The Kier molecular flexibility index (Phi) is 6.51. The van der Waals surface area contributed by atoms with E-state index in [1.54, 1.807) is 17.3 Å². The van der Waals surface area contributed by atoms with E-state index in [-0.39, 0.29) is 30.8 Å². The first-order chi connectivity index (χ1) is 16.0. The fraction of sp³-hybridized carbons (Fsp3) is 0.542. The van der Waals surface area contributed by atoms with Crippen molar-refractivity contribution in [3.05, 3.63) is 42.2 Å². The van der Waals surface area contributed by atoms with Crippen molar-refractivity contribution in [2.75, 3.05) is 13.2 Å². The highest BCUT2D eigenvalue weighted by molar-refractivity contribution is 6.22. The van der Waals surface area contributed by atoms with Gasteiger partial charge in [0.2, 0.25) is 5.91 Å². The number of ketones is 1. The number of aromatic nitrogens is 2. The van der Waals surface area contributed by atoms with Gasteiger partial charge in [-0.2, -0.15) is 5.10 Å². The largest absolute Gasteiger partial charge is 0.374 e. The fourth-order valence-corrected chi connectivity index (χ4v) is 5.80. The first kappa shape index (κ1) is 22.5. The zero-order chi connectivity index (χ0) is 22.9. The van der Waals surface area contributed by atoms with E-state index in [0.717, 1.165) is 43.2 Å². The van der Waals surface area contributed by atoms with Gasteiger partial charge in [0.05, 0.1) is 17.6 Å². The Bertz CT molecular complexity index is 994. The molecule has 5 atom stereocenters. The second-order valence-corrected chi connectivity index (χ2v) is 9.81. The van der Waals surface area contributed by atoms with Crippen LogP contribution < -0.4 is 5.32 Å². The standard InChI is InChI=1S/C24H29ClN4O4/c25-18-12-29(21-19(30)13-33-22(18)21)24(32)20(14-5-2-1-3-6-14)28-23(31)16-8-4-7-15(9-16)17-10-26-27-11-17/h4,7-11,14,18,20-23,28,31H,1-3,5-6,12-13H2,(H,26,27)/t18-,20-,21+,22+,23?/m0/s1. The predicted molar refractivity (Wildman–Crippen MR) is 122 cm³/mol. The maximum absolute atomic E-state index is 13.8. The van der Waals surface area contributed by atoms with Crippen LogP contribution in [0.3, 0.4) is 0 Å². The summed E-state index contributed by atoms with van der Waals surface area (Å²) in [6, 6.07) is 6.31. The van der Waals surface area contributed by atoms with Gasteiger partial charge < -0.3 is 14.7 Å². The lowest BCUT2D eigenvalue weighted by atomic mass is 9.83. The van der Waals surface area contributed by atoms with Crippen LogP contribution >= 0.6 is 11.6 Å². The number of H-pyrrole nitrogens is 1. The number of alkyl halides is 1. The lowest BCUT2D eigenvalue weighted by molar-refractivity contribution is -0.140. The fourth-order valence-electron chi connectivity index (χ4n) is 5.44. The second-order valence-electron chi connectivity index (χ2n) is 9.25. The van der Waals surface area contributed by atoms with Crippen LogP contribution in [0.5, 0.6) is 0 Å². The molecule has 176 valence electrons. The average Bonchev–Trinajstić information content (AvgIpc) is 3.58. The van der Waals surface area contributed by atoms with Crippen LogP contribution in [-0.2, 0) is 14.3 Å². The molecule has 2 aromatic rings. The van der Waals surface area contributed by atoms with Gasteiger partial charge in [-0.05, 0) is 36.0 Å². The first-order valence-electron chi connectivity index (χ1n) is 11.6. The minimum absolute atomic E-state index is 0.00666. The van der Waals surface area contributed by atoms with Gasteiger partial charge >= 0.3 is 0 Å². The number of nitrogens with one attached hydrogen (secondary N) is 2. The second kappa shape index (κ2) is 9.54. The van der Waals surface area contributed by atoms with E-state index in [0.29, 0.717) is 5.56 Å². The summed E-state index contributed by atoms with van der Waals surface area (Å²) < 4.78 is 5.55. The van der Waals surface area contributed by atoms with Gasteiger partial charge in [0.15, 0.2) is 5.78 Å². The van der Waals surface area contributed by atoms with Crippen molar-refractivity contribution in [2.24, 2.45) is 5.92 Å². The van der Waals surface area contributed by atoms with E-state index in [4.69, 9.17) is 16.3 Å². The molecule has 3 fully saturated rings. The molecule has 1 aromatic heterocycles. The number of aromatic amines is 1. The number of likely N-dealkylation sites (tertiary alicyclic amines) is 1. The summed E-state index contributed by atoms with van der Waals surface area (Å²) >= 11 is 6.43. The maximum atomic E-state index is 13.8. The van der Waals surface area contributed by atoms with E-state index >= 15 is 0 Å². The van der Waals surface area contributed by atoms with Crippen molar-refractivity contribution in [1.82, 2.24) is 20.4 Å². The van der Waals surface area contributed by atoms with Gasteiger partial charge in [-0.15, -0.1) is 11.6 Å². The quantitative estimate of drug-likeness (QED) is 0.440. The highest BCUT2D eigenvalue weighted by Gasteiger charge is 2.53. The highest BCUT2D eigenvalue weighted by atomic mass is 35.5. The Balaban J connectivity index is 1.38. The zero-order valence-electron chi connectivity index (χ0n) is 18.3. The van der Waals surface area contributed by atoms with Crippen LogP contribution in [-0.4, -0.2) is 68.6 Å². The number of fused-ring (bicyclic) bond motifs is 1. The number of aliphatic hydroxyl groups excluding tert-OH is 1. The van der Waals surface area contributed by atoms with Crippen molar-refractivity contribution < 1.29 is 19.4 Å². The molecule has 1 aromatic carbocycles. The van der Waals surface area contributed by atoms with Crippen LogP contribution in [0.4, 0.5) is 0 Å². The lowest BCUT2D eigenvalue weighted by Gasteiger charge is -2.35. The van der Waals surface area contributed by atoms with Gasteiger partial charge in [0.25, 0.3) is 0 Å². The monoisotopic (exact) mass is 472 g/mol. The molecule has 0 bridgehead atoms. The summed E-state index contributed by atoms with van der Waals surface area (Å²) in [5.41, 5.74) is 2.50. The highest BCUT2D eigenvalue weighted by Crippen LogP contribution is 2.34. The number of ether oxygens (including phenoxy) is 1. The number of Topliss-reactive ketones (excluding diaryl/α,β-unsaturated/α-hetero) is 1. The van der Waals surface area contributed by atoms with Gasteiger partial charge in [-0.1, -0.05) is 37.5 Å². The molecule has 5 rings (SSSR count). The van der Waals surface area contributed by atoms with Gasteiger partial charge in [-0.3, -0.25) is 20.0 Å². The summed E-state index contributed by atoms with van der Waals surface area (Å²) in [6.07, 6.45) is 7.09. The molecule has 1 amide bonds. The Morgan fingerprint density at radius 1 is 1.27 bits per heavy atom. The molecule has 3 aliphatic rings. The van der Waals surface area contributed by atoms with Gasteiger partial charge in [0.1, 0.15) is 25.0 Å². The molecule has 8 nitrogen and oxygen atoms in total. The third kappa shape index (κ3) is 4.45. The van der Waals surface area contributed by atoms with Crippen LogP contribution in [0.1, 0.15) is 43.9 Å². The molecule has 1 saturated carbocycles. The number of aliphatic hydroxyl groups is 1. The van der Waals surface area contributed by atoms with E-state index in [1.165, 1.54) is 0 Å². The summed E-state index contributed by atoms with van der Waals surface area (Å²) in [5, 5.41) is 20.7. The number of hydrogen-bond donors (Lipinski definition) is 3. The summed E-state index contributed by atoms with van der Waals surface area (Å²) in [7, 11) is 0. The molecule has 0 spiro atoms. The predicted octanol–water partition coefficient (Wildman–Crippen LogP) is 2.39. The van der Waals surface area contributed by atoms with Crippen LogP contribution in [0.15, 0.2) is 36.7 Å². The molecule has 3 N–H and O–H groups in total. The summed E-state index contributed by atoms with van der Waals surface area (Å²) in [4.78, 5) is 27.8. The van der Waals surface area contributed by atoms with Crippen molar-refractivity contribution in [3.8, 4) is 11.1 Å².